The standard InChI is InChI=1S/C25H24N2S/c26-16-18-7-6-8-19(15-18)17-27-14-13-22-21-11-4-5-12-23(21)28-25(22)24(27)20-9-2-1-3-10-20/h1-3,6-10,15,24H,4-5,11-14,17H2. The highest BCUT2D eigenvalue weighted by atomic mass is 32.1. The molecule has 28 heavy (non-hydrogen) atoms. The zero-order valence-corrected chi connectivity index (χ0v) is 16.8. The number of thiophene rings is 1. The Balaban J connectivity index is 1.56. The van der Waals surface area contributed by atoms with Gasteiger partial charge >= 0.3 is 0 Å². The predicted octanol–water partition coefficient (Wildman–Crippen LogP) is 5.65. The molecule has 0 saturated heterocycles. The van der Waals surface area contributed by atoms with E-state index in [1.165, 1.54) is 36.8 Å². The van der Waals surface area contributed by atoms with E-state index in [9.17, 15) is 5.26 Å². The van der Waals surface area contributed by atoms with Gasteiger partial charge in [-0.2, -0.15) is 5.26 Å². The minimum absolute atomic E-state index is 0.325. The summed E-state index contributed by atoms with van der Waals surface area (Å²) in [4.78, 5) is 5.82. The molecule has 1 aromatic heterocycles. The van der Waals surface area contributed by atoms with Crippen LogP contribution in [0.25, 0.3) is 0 Å². The van der Waals surface area contributed by atoms with Gasteiger partial charge in [0, 0.05) is 22.8 Å². The fraction of sp³-hybridized carbons (Fsp3) is 0.320. The van der Waals surface area contributed by atoms with Crippen LogP contribution < -0.4 is 0 Å². The zero-order valence-electron chi connectivity index (χ0n) is 16.0. The number of benzene rings is 2. The Kier molecular flexibility index (Phi) is 4.76. The smallest absolute Gasteiger partial charge is 0.0991 e. The van der Waals surface area contributed by atoms with E-state index in [1.54, 1.807) is 20.9 Å². The minimum atomic E-state index is 0.325. The maximum absolute atomic E-state index is 9.26. The van der Waals surface area contributed by atoms with Gasteiger partial charge in [0.25, 0.3) is 0 Å². The summed E-state index contributed by atoms with van der Waals surface area (Å²) in [6.07, 6.45) is 6.37. The molecule has 1 aliphatic carbocycles. The van der Waals surface area contributed by atoms with E-state index in [0.29, 0.717) is 6.04 Å². The second-order valence-corrected chi connectivity index (χ2v) is 9.04. The topological polar surface area (TPSA) is 27.0 Å². The van der Waals surface area contributed by atoms with Crippen molar-refractivity contribution < 1.29 is 0 Å². The van der Waals surface area contributed by atoms with Crippen molar-refractivity contribution in [2.24, 2.45) is 0 Å². The summed E-state index contributed by atoms with van der Waals surface area (Å²) in [7, 11) is 0. The summed E-state index contributed by atoms with van der Waals surface area (Å²) in [5.74, 6) is 0. The predicted molar refractivity (Wildman–Crippen MR) is 115 cm³/mol. The van der Waals surface area contributed by atoms with Gasteiger partial charge in [0.1, 0.15) is 0 Å². The van der Waals surface area contributed by atoms with E-state index in [1.807, 2.05) is 18.2 Å². The lowest BCUT2D eigenvalue weighted by atomic mass is 9.88. The van der Waals surface area contributed by atoms with Crippen molar-refractivity contribution in [1.82, 2.24) is 4.90 Å². The largest absolute Gasteiger partial charge is 0.287 e. The van der Waals surface area contributed by atoms with Crippen molar-refractivity contribution in [2.75, 3.05) is 6.54 Å². The van der Waals surface area contributed by atoms with Gasteiger partial charge < -0.3 is 0 Å². The van der Waals surface area contributed by atoms with E-state index in [4.69, 9.17) is 0 Å². The molecule has 2 aliphatic rings. The highest BCUT2D eigenvalue weighted by molar-refractivity contribution is 7.12. The summed E-state index contributed by atoms with van der Waals surface area (Å²) in [5, 5.41) is 9.26. The van der Waals surface area contributed by atoms with Crippen molar-refractivity contribution in [1.29, 1.82) is 5.26 Å². The third kappa shape index (κ3) is 3.17. The zero-order chi connectivity index (χ0) is 18.9. The monoisotopic (exact) mass is 384 g/mol. The molecule has 0 N–H and O–H groups in total. The van der Waals surface area contributed by atoms with Crippen LogP contribution >= 0.6 is 11.3 Å². The van der Waals surface area contributed by atoms with Crippen LogP contribution in [0.2, 0.25) is 0 Å². The van der Waals surface area contributed by atoms with Crippen LogP contribution in [-0.2, 0) is 25.8 Å². The van der Waals surface area contributed by atoms with Crippen LogP contribution in [0.1, 0.15) is 56.5 Å². The average Bonchev–Trinajstić information content (AvgIpc) is 3.13. The fourth-order valence-corrected chi connectivity index (χ4v) is 6.44. The number of rotatable bonds is 3. The van der Waals surface area contributed by atoms with Gasteiger partial charge in [-0.15, -0.1) is 11.3 Å². The van der Waals surface area contributed by atoms with Crippen molar-refractivity contribution in [3.05, 3.63) is 92.2 Å². The molecule has 1 unspecified atom stereocenters. The van der Waals surface area contributed by atoms with Gasteiger partial charge in [-0.3, -0.25) is 4.90 Å². The molecule has 3 aromatic rings. The van der Waals surface area contributed by atoms with Gasteiger partial charge in [-0.05, 0) is 66.5 Å². The Bertz CT molecular complexity index is 1030. The molecular weight excluding hydrogens is 360 g/mol. The second-order valence-electron chi connectivity index (χ2n) is 7.90. The molecule has 0 saturated carbocycles. The van der Waals surface area contributed by atoms with Gasteiger partial charge in [0.2, 0.25) is 0 Å². The van der Waals surface area contributed by atoms with E-state index >= 15 is 0 Å². The lowest BCUT2D eigenvalue weighted by Crippen LogP contribution is -2.35. The number of aryl methyl sites for hydroxylation is 1. The Morgan fingerprint density at radius 2 is 1.82 bits per heavy atom. The summed E-state index contributed by atoms with van der Waals surface area (Å²) in [6.45, 7) is 1.96. The summed E-state index contributed by atoms with van der Waals surface area (Å²) in [6, 6.07) is 21.7. The van der Waals surface area contributed by atoms with Gasteiger partial charge in [0.05, 0.1) is 17.7 Å². The summed E-state index contributed by atoms with van der Waals surface area (Å²) in [5.41, 5.74) is 6.69. The van der Waals surface area contributed by atoms with E-state index < -0.39 is 0 Å². The first-order valence-electron chi connectivity index (χ1n) is 10.2. The van der Waals surface area contributed by atoms with Crippen molar-refractivity contribution in [2.45, 2.75) is 44.7 Å². The number of hydrogen-bond acceptors (Lipinski definition) is 3. The van der Waals surface area contributed by atoms with Gasteiger partial charge in [-0.25, -0.2) is 0 Å². The van der Waals surface area contributed by atoms with Crippen LogP contribution in [0.4, 0.5) is 0 Å². The molecule has 0 radical (unpaired) electrons. The van der Waals surface area contributed by atoms with E-state index in [0.717, 1.165) is 25.1 Å². The van der Waals surface area contributed by atoms with Crippen molar-refractivity contribution in [3.63, 3.8) is 0 Å². The Hall–Kier alpha value is -2.41. The molecule has 2 nitrogen and oxygen atoms in total. The van der Waals surface area contributed by atoms with Crippen LogP contribution in [0, 0.1) is 11.3 Å². The maximum Gasteiger partial charge on any atom is 0.0991 e. The number of nitriles is 1. The highest BCUT2D eigenvalue weighted by Crippen LogP contribution is 2.45. The molecule has 5 rings (SSSR count). The summed E-state index contributed by atoms with van der Waals surface area (Å²) >= 11 is 2.07. The molecule has 1 atom stereocenters. The minimum Gasteiger partial charge on any atom is -0.287 e. The van der Waals surface area contributed by atoms with Crippen LogP contribution in [0.5, 0.6) is 0 Å². The molecule has 2 aromatic carbocycles. The lowest BCUT2D eigenvalue weighted by Gasteiger charge is -2.36. The SMILES string of the molecule is N#Cc1cccc(CN2CCc3c(sc4c3CCCC4)C2c2ccccc2)c1. The fourth-order valence-electron chi connectivity index (χ4n) is 4.84. The Labute approximate surface area is 171 Å². The molecule has 140 valence electrons. The van der Waals surface area contributed by atoms with Crippen LogP contribution in [-0.4, -0.2) is 11.4 Å². The first-order valence-corrected chi connectivity index (χ1v) is 11.1. The quantitative estimate of drug-likeness (QED) is 0.584. The van der Waals surface area contributed by atoms with Gasteiger partial charge in [0.15, 0.2) is 0 Å². The highest BCUT2D eigenvalue weighted by Gasteiger charge is 2.33. The normalized spacial score (nSPS) is 18.9. The lowest BCUT2D eigenvalue weighted by molar-refractivity contribution is 0.207. The Morgan fingerprint density at radius 1 is 0.964 bits per heavy atom. The number of hydrogen-bond donors (Lipinski definition) is 0. The first kappa shape index (κ1) is 17.7. The molecule has 0 fully saturated rings. The molecule has 0 spiro atoms. The Morgan fingerprint density at radius 3 is 2.68 bits per heavy atom. The molecule has 0 bridgehead atoms. The van der Waals surface area contributed by atoms with Crippen molar-refractivity contribution in [3.8, 4) is 6.07 Å². The third-order valence-corrected chi connectivity index (χ3v) is 7.52. The number of fused-ring (bicyclic) bond motifs is 3. The average molecular weight is 385 g/mol. The van der Waals surface area contributed by atoms with E-state index in [2.05, 4.69) is 58.7 Å². The molecule has 2 heterocycles. The summed E-state index contributed by atoms with van der Waals surface area (Å²) < 4.78 is 0. The first-order chi connectivity index (χ1) is 13.8. The van der Waals surface area contributed by atoms with E-state index in [-0.39, 0.29) is 0 Å². The maximum atomic E-state index is 9.26. The molecular formula is C25H24N2S. The number of nitrogens with zero attached hydrogens (tertiary/aromatic N) is 2. The second kappa shape index (κ2) is 7.54. The van der Waals surface area contributed by atoms with Crippen LogP contribution in [0.15, 0.2) is 54.6 Å². The molecule has 0 amide bonds. The molecule has 3 heteroatoms. The molecule has 1 aliphatic heterocycles. The van der Waals surface area contributed by atoms with Crippen molar-refractivity contribution >= 4 is 11.3 Å². The van der Waals surface area contributed by atoms with Gasteiger partial charge in [-0.1, -0.05) is 42.5 Å². The van der Waals surface area contributed by atoms with Crippen LogP contribution in [0.3, 0.4) is 0 Å². The third-order valence-electron chi connectivity index (χ3n) is 6.13.